The van der Waals surface area contributed by atoms with Gasteiger partial charge in [0.2, 0.25) is 5.91 Å². The van der Waals surface area contributed by atoms with E-state index in [0.717, 1.165) is 5.56 Å². The standard InChI is InChI=1S/C24H21NO5/c26-22(15-17-9-3-1-4-10-17)25-16-20(23(27)28)19-13-7-8-14-21(19)30-24(29)18-11-5-2-6-12-18/h1-14,20H,15-16H2,(H,25,26)(H,27,28)/t20-/m0/s1. The molecule has 2 N–H and O–H groups in total. The number of nitrogens with one attached hydrogen (secondary N) is 1. The normalized spacial score (nSPS) is 11.3. The summed E-state index contributed by atoms with van der Waals surface area (Å²) in [7, 11) is 0. The van der Waals surface area contributed by atoms with Gasteiger partial charge in [0.1, 0.15) is 11.7 Å². The van der Waals surface area contributed by atoms with Crippen LogP contribution >= 0.6 is 0 Å². The molecular weight excluding hydrogens is 382 g/mol. The quantitative estimate of drug-likeness (QED) is 0.444. The number of hydrogen-bond donors (Lipinski definition) is 2. The molecule has 0 saturated heterocycles. The van der Waals surface area contributed by atoms with Gasteiger partial charge in [0, 0.05) is 12.1 Å². The van der Waals surface area contributed by atoms with Crippen LogP contribution in [0.3, 0.4) is 0 Å². The molecule has 0 bridgehead atoms. The van der Waals surface area contributed by atoms with E-state index in [0.29, 0.717) is 11.1 Å². The molecule has 0 radical (unpaired) electrons. The minimum Gasteiger partial charge on any atom is -0.481 e. The predicted molar refractivity (Wildman–Crippen MR) is 111 cm³/mol. The maximum Gasteiger partial charge on any atom is 0.343 e. The lowest BCUT2D eigenvalue weighted by Crippen LogP contribution is -2.33. The topological polar surface area (TPSA) is 92.7 Å². The first-order chi connectivity index (χ1) is 14.5. The number of esters is 1. The molecule has 1 atom stereocenters. The largest absolute Gasteiger partial charge is 0.481 e. The van der Waals surface area contributed by atoms with Crippen LogP contribution in [0, 0.1) is 0 Å². The van der Waals surface area contributed by atoms with Crippen molar-refractivity contribution in [3.63, 3.8) is 0 Å². The molecule has 3 rings (SSSR count). The monoisotopic (exact) mass is 403 g/mol. The number of amides is 1. The Morgan fingerprint density at radius 3 is 2.10 bits per heavy atom. The van der Waals surface area contributed by atoms with Gasteiger partial charge < -0.3 is 15.2 Å². The molecule has 0 saturated carbocycles. The summed E-state index contributed by atoms with van der Waals surface area (Å²) in [6.45, 7) is -0.124. The number of para-hydroxylation sites is 1. The summed E-state index contributed by atoms with van der Waals surface area (Å²) < 4.78 is 5.45. The van der Waals surface area contributed by atoms with E-state index in [1.165, 1.54) is 6.07 Å². The van der Waals surface area contributed by atoms with Crippen molar-refractivity contribution in [1.29, 1.82) is 0 Å². The Morgan fingerprint density at radius 2 is 1.43 bits per heavy atom. The highest BCUT2D eigenvalue weighted by atomic mass is 16.5. The van der Waals surface area contributed by atoms with Crippen molar-refractivity contribution in [2.24, 2.45) is 0 Å². The van der Waals surface area contributed by atoms with Gasteiger partial charge in [0.15, 0.2) is 0 Å². The van der Waals surface area contributed by atoms with Gasteiger partial charge in [-0.3, -0.25) is 9.59 Å². The third kappa shape index (κ3) is 5.54. The summed E-state index contributed by atoms with van der Waals surface area (Å²) in [6.07, 6.45) is 0.151. The van der Waals surface area contributed by atoms with Crippen LogP contribution in [-0.4, -0.2) is 29.5 Å². The Morgan fingerprint density at radius 1 is 0.833 bits per heavy atom. The number of benzene rings is 3. The molecule has 6 nitrogen and oxygen atoms in total. The predicted octanol–water partition coefficient (Wildman–Crippen LogP) is 3.43. The van der Waals surface area contributed by atoms with E-state index in [2.05, 4.69) is 5.32 Å². The molecule has 0 aliphatic heterocycles. The molecule has 0 aliphatic carbocycles. The van der Waals surface area contributed by atoms with Crippen molar-refractivity contribution < 1.29 is 24.2 Å². The number of ether oxygens (including phenoxy) is 1. The molecule has 1 amide bonds. The molecule has 30 heavy (non-hydrogen) atoms. The number of hydrogen-bond acceptors (Lipinski definition) is 4. The highest BCUT2D eigenvalue weighted by molar-refractivity contribution is 5.91. The second-order valence-corrected chi connectivity index (χ2v) is 6.65. The number of carboxylic acids is 1. The van der Waals surface area contributed by atoms with Gasteiger partial charge in [0.25, 0.3) is 0 Å². The first-order valence-corrected chi connectivity index (χ1v) is 9.44. The van der Waals surface area contributed by atoms with Crippen LogP contribution < -0.4 is 10.1 Å². The van der Waals surface area contributed by atoms with Gasteiger partial charge in [0.05, 0.1) is 12.0 Å². The first-order valence-electron chi connectivity index (χ1n) is 9.44. The Kier molecular flexibility index (Phi) is 6.95. The molecule has 0 heterocycles. The lowest BCUT2D eigenvalue weighted by molar-refractivity contribution is -0.138. The lowest BCUT2D eigenvalue weighted by Gasteiger charge is -2.17. The van der Waals surface area contributed by atoms with Crippen LogP contribution in [0.4, 0.5) is 0 Å². The minimum atomic E-state index is -1.13. The molecule has 152 valence electrons. The van der Waals surface area contributed by atoms with Crippen LogP contribution in [0.15, 0.2) is 84.9 Å². The Hall–Kier alpha value is -3.93. The fraction of sp³-hybridized carbons (Fsp3) is 0.125. The van der Waals surface area contributed by atoms with E-state index in [9.17, 15) is 19.5 Å². The molecule has 0 aromatic heterocycles. The third-order valence-corrected chi connectivity index (χ3v) is 4.52. The summed E-state index contributed by atoms with van der Waals surface area (Å²) >= 11 is 0. The highest BCUT2D eigenvalue weighted by Gasteiger charge is 2.25. The molecule has 0 fully saturated rings. The average molecular weight is 403 g/mol. The SMILES string of the molecule is O=C(Cc1ccccc1)NC[C@H](C(=O)O)c1ccccc1OC(=O)c1ccccc1. The summed E-state index contributed by atoms with van der Waals surface area (Å²) in [5.41, 5.74) is 1.50. The van der Waals surface area contributed by atoms with Gasteiger partial charge >= 0.3 is 11.9 Å². The van der Waals surface area contributed by atoms with Gasteiger partial charge in [-0.25, -0.2) is 4.79 Å². The first kappa shape index (κ1) is 20.8. The van der Waals surface area contributed by atoms with Crippen molar-refractivity contribution in [1.82, 2.24) is 5.32 Å². The van der Waals surface area contributed by atoms with Gasteiger partial charge in [-0.1, -0.05) is 66.7 Å². The van der Waals surface area contributed by atoms with Crippen LogP contribution in [0.5, 0.6) is 5.75 Å². The van der Waals surface area contributed by atoms with Crippen LogP contribution in [-0.2, 0) is 16.0 Å². The number of carbonyl (C=O) groups is 3. The minimum absolute atomic E-state index is 0.124. The van der Waals surface area contributed by atoms with E-state index >= 15 is 0 Å². The maximum atomic E-state index is 12.4. The molecular formula is C24H21NO5. The number of carbonyl (C=O) groups excluding carboxylic acids is 2. The lowest BCUT2D eigenvalue weighted by atomic mass is 9.98. The second-order valence-electron chi connectivity index (χ2n) is 6.65. The second kappa shape index (κ2) is 10.0. The fourth-order valence-corrected chi connectivity index (χ4v) is 2.98. The van der Waals surface area contributed by atoms with Gasteiger partial charge in [-0.05, 0) is 23.8 Å². The zero-order valence-electron chi connectivity index (χ0n) is 16.2. The molecule has 0 unspecified atom stereocenters. The number of carboxylic acid groups (broad SMARTS) is 1. The zero-order valence-corrected chi connectivity index (χ0v) is 16.2. The van der Waals surface area contributed by atoms with E-state index in [-0.39, 0.29) is 24.6 Å². The van der Waals surface area contributed by atoms with Crippen molar-refractivity contribution in [2.75, 3.05) is 6.54 Å². The zero-order chi connectivity index (χ0) is 21.3. The van der Waals surface area contributed by atoms with E-state index in [1.54, 1.807) is 48.5 Å². The maximum absolute atomic E-state index is 12.4. The molecule has 0 aliphatic rings. The molecule has 0 spiro atoms. The van der Waals surface area contributed by atoms with Crippen LogP contribution in [0.25, 0.3) is 0 Å². The van der Waals surface area contributed by atoms with E-state index in [1.807, 2.05) is 30.3 Å². The summed E-state index contributed by atoms with van der Waals surface area (Å²) in [5, 5.41) is 12.4. The Balaban J connectivity index is 1.72. The Labute approximate surface area is 174 Å². The third-order valence-electron chi connectivity index (χ3n) is 4.52. The van der Waals surface area contributed by atoms with Crippen LogP contribution in [0.2, 0.25) is 0 Å². The number of rotatable bonds is 8. The van der Waals surface area contributed by atoms with E-state index in [4.69, 9.17) is 4.74 Å². The Bertz CT molecular complexity index is 1020. The average Bonchev–Trinajstić information content (AvgIpc) is 2.76. The van der Waals surface area contributed by atoms with E-state index < -0.39 is 17.9 Å². The fourth-order valence-electron chi connectivity index (χ4n) is 2.98. The van der Waals surface area contributed by atoms with Gasteiger partial charge in [-0.2, -0.15) is 0 Å². The van der Waals surface area contributed by atoms with Crippen molar-refractivity contribution >= 4 is 17.8 Å². The summed E-state index contributed by atoms with van der Waals surface area (Å²) in [6, 6.07) is 24.1. The van der Waals surface area contributed by atoms with Crippen molar-refractivity contribution in [2.45, 2.75) is 12.3 Å². The summed E-state index contributed by atoms with van der Waals surface area (Å²) in [5.74, 6) is -2.91. The van der Waals surface area contributed by atoms with Crippen molar-refractivity contribution in [3.05, 3.63) is 102 Å². The van der Waals surface area contributed by atoms with Crippen LogP contribution in [0.1, 0.15) is 27.4 Å². The number of aliphatic carboxylic acids is 1. The smallest absolute Gasteiger partial charge is 0.343 e. The van der Waals surface area contributed by atoms with Crippen molar-refractivity contribution in [3.8, 4) is 5.75 Å². The molecule has 6 heteroatoms. The summed E-state index contributed by atoms with van der Waals surface area (Å²) in [4.78, 5) is 36.5. The molecule has 3 aromatic carbocycles. The molecule has 3 aromatic rings. The highest BCUT2D eigenvalue weighted by Crippen LogP contribution is 2.27. The van der Waals surface area contributed by atoms with Gasteiger partial charge in [-0.15, -0.1) is 0 Å².